The number of benzene rings is 1. The molecule has 1 saturated heterocycles. The van der Waals surface area contributed by atoms with E-state index in [1.165, 1.54) is 56.3 Å². The molecule has 0 spiro atoms. The fourth-order valence-corrected chi connectivity index (χ4v) is 3.12. The number of piperidine rings is 1. The van der Waals surface area contributed by atoms with E-state index < -0.39 is 0 Å². The van der Waals surface area contributed by atoms with Crippen LogP contribution in [0.25, 0.3) is 0 Å². The topological polar surface area (TPSA) is 3.24 Å². The Kier molecular flexibility index (Phi) is 4.03. The van der Waals surface area contributed by atoms with Gasteiger partial charge >= 0.3 is 0 Å². The van der Waals surface area contributed by atoms with E-state index in [0.29, 0.717) is 0 Å². The third kappa shape index (κ3) is 3.27. The number of nitrogens with zero attached hydrogens (tertiary/aromatic N) is 1. The molecule has 0 amide bonds. The molecule has 0 radical (unpaired) electrons. The fraction of sp³-hybridized carbons (Fsp3) is 0.556. The highest BCUT2D eigenvalue weighted by Crippen LogP contribution is 2.28. The molecule has 1 aliphatic carbocycles. The second-order valence-electron chi connectivity index (χ2n) is 6.17. The van der Waals surface area contributed by atoms with E-state index >= 15 is 0 Å². The molecule has 0 bridgehead atoms. The van der Waals surface area contributed by atoms with Crippen LogP contribution in [0, 0.1) is 6.92 Å². The molecule has 1 heteroatoms. The van der Waals surface area contributed by atoms with E-state index in [-0.39, 0.29) is 0 Å². The Bertz CT molecular complexity index is 429. The van der Waals surface area contributed by atoms with Crippen LogP contribution in [0.4, 0.5) is 0 Å². The predicted octanol–water partition coefficient (Wildman–Crippen LogP) is 4.11. The average Bonchev–Trinajstić information content (AvgIpc) is 2.38. The van der Waals surface area contributed by atoms with Crippen LogP contribution in [0.15, 0.2) is 35.9 Å². The van der Waals surface area contributed by atoms with Crippen LogP contribution in [0.3, 0.4) is 0 Å². The Balaban J connectivity index is 1.50. The summed E-state index contributed by atoms with van der Waals surface area (Å²) in [6.45, 7) is 4.74. The first-order chi connectivity index (χ1) is 9.31. The Labute approximate surface area is 117 Å². The first kappa shape index (κ1) is 12.9. The van der Waals surface area contributed by atoms with Gasteiger partial charge in [0.15, 0.2) is 0 Å². The summed E-state index contributed by atoms with van der Waals surface area (Å²) >= 11 is 0. The van der Waals surface area contributed by atoms with Crippen molar-refractivity contribution >= 4 is 0 Å². The third-order valence-corrected chi connectivity index (χ3v) is 4.78. The smallest absolute Gasteiger partial charge is 0.00955 e. The maximum absolute atomic E-state index is 2.71. The van der Waals surface area contributed by atoms with Gasteiger partial charge < -0.3 is 0 Å². The third-order valence-electron chi connectivity index (χ3n) is 4.78. The SMILES string of the molecule is Cc1ccc(CC=C2CCN(C3CCC3)CC2)cc1. The van der Waals surface area contributed by atoms with Crippen LogP contribution in [0.5, 0.6) is 0 Å². The molecule has 1 aromatic rings. The van der Waals surface area contributed by atoms with Gasteiger partial charge in [0, 0.05) is 19.1 Å². The Morgan fingerprint density at radius 1 is 1.11 bits per heavy atom. The molecule has 1 heterocycles. The summed E-state index contributed by atoms with van der Waals surface area (Å²) in [6.07, 6.45) is 10.5. The molecule has 0 aromatic heterocycles. The first-order valence-electron chi connectivity index (χ1n) is 7.79. The summed E-state index contributed by atoms with van der Waals surface area (Å²) in [5.41, 5.74) is 4.47. The summed E-state index contributed by atoms with van der Waals surface area (Å²) in [7, 11) is 0. The van der Waals surface area contributed by atoms with Crippen molar-refractivity contribution in [2.75, 3.05) is 13.1 Å². The van der Waals surface area contributed by atoms with E-state index in [1.807, 2.05) is 0 Å². The van der Waals surface area contributed by atoms with E-state index in [9.17, 15) is 0 Å². The van der Waals surface area contributed by atoms with Gasteiger partial charge in [-0.05, 0) is 44.6 Å². The number of hydrogen-bond acceptors (Lipinski definition) is 1. The van der Waals surface area contributed by atoms with Crippen LogP contribution in [-0.2, 0) is 6.42 Å². The monoisotopic (exact) mass is 255 g/mol. The second kappa shape index (κ2) is 5.92. The molecular formula is C18H25N. The van der Waals surface area contributed by atoms with Crippen LogP contribution < -0.4 is 0 Å². The maximum atomic E-state index is 2.71. The van der Waals surface area contributed by atoms with Gasteiger partial charge in [-0.15, -0.1) is 0 Å². The fourth-order valence-electron chi connectivity index (χ4n) is 3.12. The van der Waals surface area contributed by atoms with Crippen molar-refractivity contribution in [1.82, 2.24) is 4.90 Å². The van der Waals surface area contributed by atoms with Crippen molar-refractivity contribution < 1.29 is 0 Å². The summed E-state index contributed by atoms with van der Waals surface area (Å²) in [5.74, 6) is 0. The number of aryl methyl sites for hydroxylation is 1. The minimum absolute atomic E-state index is 0.929. The molecule has 1 aromatic carbocycles. The van der Waals surface area contributed by atoms with Crippen LogP contribution >= 0.6 is 0 Å². The van der Waals surface area contributed by atoms with Crippen LogP contribution in [-0.4, -0.2) is 24.0 Å². The Morgan fingerprint density at radius 2 is 1.79 bits per heavy atom. The van der Waals surface area contributed by atoms with Crippen LogP contribution in [0.1, 0.15) is 43.2 Å². The summed E-state index contributed by atoms with van der Waals surface area (Å²) in [6, 6.07) is 9.88. The van der Waals surface area contributed by atoms with Gasteiger partial charge in [-0.1, -0.05) is 47.9 Å². The molecule has 0 N–H and O–H groups in total. The van der Waals surface area contributed by atoms with Crippen molar-refractivity contribution in [3.8, 4) is 0 Å². The van der Waals surface area contributed by atoms with Gasteiger partial charge in [-0.25, -0.2) is 0 Å². The highest BCUT2D eigenvalue weighted by molar-refractivity contribution is 5.24. The molecule has 1 aliphatic heterocycles. The molecule has 2 aliphatic rings. The zero-order valence-electron chi connectivity index (χ0n) is 12.1. The minimum Gasteiger partial charge on any atom is -0.300 e. The van der Waals surface area contributed by atoms with Gasteiger partial charge in [-0.3, -0.25) is 4.90 Å². The van der Waals surface area contributed by atoms with E-state index in [2.05, 4.69) is 42.2 Å². The van der Waals surface area contributed by atoms with Crippen molar-refractivity contribution in [3.63, 3.8) is 0 Å². The van der Waals surface area contributed by atoms with Crippen molar-refractivity contribution in [3.05, 3.63) is 47.0 Å². The lowest BCUT2D eigenvalue weighted by atomic mass is 9.89. The van der Waals surface area contributed by atoms with Crippen LogP contribution in [0.2, 0.25) is 0 Å². The minimum atomic E-state index is 0.929. The Morgan fingerprint density at radius 3 is 2.37 bits per heavy atom. The van der Waals surface area contributed by atoms with Gasteiger partial charge in [0.2, 0.25) is 0 Å². The summed E-state index contributed by atoms with van der Waals surface area (Å²) in [4.78, 5) is 2.71. The molecule has 102 valence electrons. The zero-order chi connectivity index (χ0) is 13.1. The number of hydrogen-bond donors (Lipinski definition) is 0. The highest BCUT2D eigenvalue weighted by Gasteiger charge is 2.26. The standard InChI is InChI=1S/C18H25N/c1-15-5-7-16(8-6-15)9-10-17-11-13-19(14-12-17)18-3-2-4-18/h5-8,10,18H,2-4,9,11-14H2,1H3. The molecule has 3 rings (SSSR count). The molecular weight excluding hydrogens is 230 g/mol. The summed E-state index contributed by atoms with van der Waals surface area (Å²) in [5, 5.41) is 0. The lowest BCUT2D eigenvalue weighted by molar-refractivity contribution is 0.118. The second-order valence-corrected chi connectivity index (χ2v) is 6.17. The van der Waals surface area contributed by atoms with Gasteiger partial charge in [0.1, 0.15) is 0 Å². The molecule has 0 unspecified atom stereocenters. The number of rotatable bonds is 3. The average molecular weight is 255 g/mol. The number of likely N-dealkylation sites (tertiary alicyclic amines) is 1. The van der Waals surface area contributed by atoms with Gasteiger partial charge in [0.05, 0.1) is 0 Å². The molecule has 1 saturated carbocycles. The lowest BCUT2D eigenvalue weighted by Gasteiger charge is -2.40. The summed E-state index contributed by atoms with van der Waals surface area (Å²) < 4.78 is 0. The normalized spacial score (nSPS) is 21.2. The van der Waals surface area contributed by atoms with Gasteiger partial charge in [-0.2, -0.15) is 0 Å². The van der Waals surface area contributed by atoms with Crippen molar-refractivity contribution in [2.24, 2.45) is 0 Å². The molecule has 1 nitrogen and oxygen atoms in total. The first-order valence-corrected chi connectivity index (χ1v) is 7.79. The zero-order valence-corrected chi connectivity index (χ0v) is 12.1. The van der Waals surface area contributed by atoms with E-state index in [0.717, 1.165) is 12.5 Å². The highest BCUT2D eigenvalue weighted by atomic mass is 15.2. The largest absolute Gasteiger partial charge is 0.300 e. The molecule has 19 heavy (non-hydrogen) atoms. The number of allylic oxidation sites excluding steroid dienone is 1. The quantitative estimate of drug-likeness (QED) is 0.735. The van der Waals surface area contributed by atoms with Crippen molar-refractivity contribution in [2.45, 2.75) is 51.5 Å². The molecule has 0 atom stereocenters. The molecule has 2 fully saturated rings. The maximum Gasteiger partial charge on any atom is 0.00955 e. The van der Waals surface area contributed by atoms with E-state index in [4.69, 9.17) is 0 Å². The lowest BCUT2D eigenvalue weighted by Crippen LogP contribution is -2.43. The predicted molar refractivity (Wildman–Crippen MR) is 81.4 cm³/mol. The van der Waals surface area contributed by atoms with E-state index in [1.54, 1.807) is 5.57 Å². The van der Waals surface area contributed by atoms with Crippen molar-refractivity contribution in [1.29, 1.82) is 0 Å². The Hall–Kier alpha value is -1.08. The van der Waals surface area contributed by atoms with Gasteiger partial charge in [0.25, 0.3) is 0 Å².